The summed E-state index contributed by atoms with van der Waals surface area (Å²) in [5, 5.41) is 0. The fourth-order valence-corrected chi connectivity index (χ4v) is 3.79. The molecule has 4 rings (SSSR count). The summed E-state index contributed by atoms with van der Waals surface area (Å²) in [6, 6.07) is 18.6. The fourth-order valence-electron chi connectivity index (χ4n) is 3.79. The Bertz CT molecular complexity index is 925. The van der Waals surface area contributed by atoms with Gasteiger partial charge in [0.1, 0.15) is 0 Å². The summed E-state index contributed by atoms with van der Waals surface area (Å²) >= 11 is 0. The second-order valence-corrected chi connectivity index (χ2v) is 7.03. The van der Waals surface area contributed by atoms with Gasteiger partial charge in [-0.15, -0.1) is 29.3 Å². The molecule has 1 aliphatic rings. The van der Waals surface area contributed by atoms with Gasteiger partial charge in [-0.05, 0) is 42.1 Å². The van der Waals surface area contributed by atoms with Crippen LogP contribution in [0.25, 0.3) is 22.4 Å². The zero-order valence-electron chi connectivity index (χ0n) is 14.4. The molecule has 0 bridgehead atoms. The molecule has 0 amide bonds. The monoisotopic (exact) mass is 491 g/mol. The Hall–Kier alpha value is -1.76. The molecule has 0 atom stereocenters. The van der Waals surface area contributed by atoms with Gasteiger partial charge >= 0.3 is 0 Å². The van der Waals surface area contributed by atoms with Crippen molar-refractivity contribution in [2.45, 2.75) is 33.1 Å². The number of fused-ring (bicyclic) bond motifs is 3. The average Bonchev–Trinajstić information content (AvgIpc) is 2.75. The third kappa shape index (κ3) is 2.46. The smallest absolute Gasteiger partial charge is 0.0163 e. The Morgan fingerprint density at radius 2 is 1.67 bits per heavy atom. The molecule has 1 heterocycles. The first-order chi connectivity index (χ1) is 11.0. The van der Waals surface area contributed by atoms with E-state index in [-0.39, 0.29) is 25.5 Å². The molecule has 0 saturated carbocycles. The van der Waals surface area contributed by atoms with Crippen molar-refractivity contribution >= 4 is 0 Å². The molecule has 0 unspecified atom stereocenters. The number of hydrogen-bond acceptors (Lipinski definition) is 1. The molecule has 1 nitrogen and oxygen atoms in total. The van der Waals surface area contributed by atoms with E-state index in [9.17, 15) is 0 Å². The van der Waals surface area contributed by atoms with Gasteiger partial charge in [0.25, 0.3) is 0 Å². The van der Waals surface area contributed by atoms with Crippen molar-refractivity contribution in [3.8, 4) is 22.4 Å². The minimum absolute atomic E-state index is 0. The van der Waals surface area contributed by atoms with E-state index in [1.807, 2.05) is 18.3 Å². The SMILES string of the molecule is Cc1ccnc(-c2[c-]ccc3c2C(C)(C)c2cc(C)ccc2-3)c1.[Ir]. The number of benzene rings is 2. The van der Waals surface area contributed by atoms with E-state index < -0.39 is 0 Å². The molecule has 2 heteroatoms. The first kappa shape index (κ1) is 17.1. The summed E-state index contributed by atoms with van der Waals surface area (Å²) in [5.74, 6) is 0. The molecular formula is C22H20IrN-. The van der Waals surface area contributed by atoms with Crippen molar-refractivity contribution in [2.75, 3.05) is 0 Å². The standard InChI is InChI=1S/C22H20N.Ir/c1-14-8-9-16-17-6-5-7-18(20-13-15(2)10-11-23-20)21(17)22(3,4)19(16)12-14;/h5-6,8-13H,1-4H3;/q-1;. The van der Waals surface area contributed by atoms with E-state index in [1.165, 1.54) is 33.4 Å². The van der Waals surface area contributed by atoms with E-state index in [4.69, 9.17) is 0 Å². The van der Waals surface area contributed by atoms with Crippen LogP contribution in [-0.2, 0) is 25.5 Å². The molecule has 1 aliphatic carbocycles. The maximum Gasteiger partial charge on any atom is 0.0163 e. The summed E-state index contributed by atoms with van der Waals surface area (Å²) in [5.41, 5.74) is 10.1. The van der Waals surface area contributed by atoms with Crippen LogP contribution in [0.2, 0.25) is 0 Å². The van der Waals surface area contributed by atoms with Gasteiger partial charge in [0.2, 0.25) is 0 Å². The third-order valence-corrected chi connectivity index (χ3v) is 4.93. The molecule has 3 aromatic rings. The molecule has 0 N–H and O–H groups in total. The second-order valence-electron chi connectivity index (χ2n) is 7.03. The van der Waals surface area contributed by atoms with Gasteiger partial charge in [-0.25, -0.2) is 0 Å². The van der Waals surface area contributed by atoms with Crippen molar-refractivity contribution in [1.29, 1.82) is 0 Å². The van der Waals surface area contributed by atoms with Crippen LogP contribution in [0.15, 0.2) is 48.7 Å². The van der Waals surface area contributed by atoms with Crippen LogP contribution in [0, 0.1) is 19.9 Å². The van der Waals surface area contributed by atoms with Crippen LogP contribution in [0.3, 0.4) is 0 Å². The maximum absolute atomic E-state index is 4.60. The summed E-state index contributed by atoms with van der Waals surface area (Å²) in [4.78, 5) is 4.60. The minimum Gasteiger partial charge on any atom is -0.305 e. The van der Waals surface area contributed by atoms with Gasteiger partial charge < -0.3 is 4.98 Å². The zero-order chi connectivity index (χ0) is 16.2. The molecule has 0 saturated heterocycles. The van der Waals surface area contributed by atoms with Gasteiger partial charge in [-0.3, -0.25) is 0 Å². The van der Waals surface area contributed by atoms with Crippen LogP contribution in [-0.4, -0.2) is 4.98 Å². The van der Waals surface area contributed by atoms with Gasteiger partial charge in [0, 0.05) is 26.3 Å². The number of aryl methyl sites for hydroxylation is 2. The molecule has 0 aliphatic heterocycles. The Labute approximate surface area is 157 Å². The first-order valence-electron chi connectivity index (χ1n) is 8.08. The van der Waals surface area contributed by atoms with Gasteiger partial charge in [0.15, 0.2) is 0 Å². The van der Waals surface area contributed by atoms with E-state index in [1.54, 1.807) is 0 Å². The summed E-state index contributed by atoms with van der Waals surface area (Å²) in [6.07, 6.45) is 1.89. The minimum atomic E-state index is -0.0325. The number of rotatable bonds is 1. The number of pyridine rings is 1. The summed E-state index contributed by atoms with van der Waals surface area (Å²) in [7, 11) is 0. The van der Waals surface area contributed by atoms with Crippen molar-refractivity contribution in [3.05, 3.63) is 77.0 Å². The van der Waals surface area contributed by atoms with Crippen molar-refractivity contribution in [1.82, 2.24) is 4.98 Å². The topological polar surface area (TPSA) is 12.9 Å². The average molecular weight is 491 g/mol. The second kappa shape index (κ2) is 5.95. The van der Waals surface area contributed by atoms with Gasteiger partial charge in [0.05, 0.1) is 0 Å². The van der Waals surface area contributed by atoms with E-state index in [2.05, 4.69) is 69.1 Å². The maximum atomic E-state index is 4.60. The molecular weight excluding hydrogens is 470 g/mol. The molecule has 0 fully saturated rings. The Balaban J connectivity index is 0.00000169. The Kier molecular flexibility index (Phi) is 4.23. The van der Waals surface area contributed by atoms with Crippen molar-refractivity contribution < 1.29 is 20.1 Å². The van der Waals surface area contributed by atoms with E-state index >= 15 is 0 Å². The van der Waals surface area contributed by atoms with Crippen LogP contribution in [0.1, 0.15) is 36.1 Å². The molecule has 0 spiro atoms. The Morgan fingerprint density at radius 1 is 0.917 bits per heavy atom. The molecule has 2 aromatic carbocycles. The van der Waals surface area contributed by atoms with Crippen LogP contribution < -0.4 is 0 Å². The van der Waals surface area contributed by atoms with Crippen molar-refractivity contribution in [2.24, 2.45) is 0 Å². The van der Waals surface area contributed by atoms with Gasteiger partial charge in [-0.1, -0.05) is 54.8 Å². The van der Waals surface area contributed by atoms with Gasteiger partial charge in [-0.2, -0.15) is 0 Å². The number of aromatic nitrogens is 1. The van der Waals surface area contributed by atoms with E-state index in [0.29, 0.717) is 0 Å². The summed E-state index contributed by atoms with van der Waals surface area (Å²) in [6.45, 7) is 8.89. The summed E-state index contributed by atoms with van der Waals surface area (Å²) < 4.78 is 0. The fraction of sp³-hybridized carbons (Fsp3) is 0.227. The van der Waals surface area contributed by atoms with Crippen LogP contribution >= 0.6 is 0 Å². The zero-order valence-corrected chi connectivity index (χ0v) is 16.8. The number of hydrogen-bond donors (Lipinski definition) is 0. The number of nitrogens with zero attached hydrogens (tertiary/aromatic N) is 1. The quantitative estimate of drug-likeness (QED) is 0.412. The third-order valence-electron chi connectivity index (χ3n) is 4.93. The first-order valence-corrected chi connectivity index (χ1v) is 8.08. The largest absolute Gasteiger partial charge is 0.305 e. The predicted octanol–water partition coefficient (Wildman–Crippen LogP) is 5.47. The molecule has 24 heavy (non-hydrogen) atoms. The Morgan fingerprint density at radius 3 is 2.42 bits per heavy atom. The molecule has 1 radical (unpaired) electrons. The predicted molar refractivity (Wildman–Crippen MR) is 95.5 cm³/mol. The van der Waals surface area contributed by atoms with Crippen LogP contribution in [0.5, 0.6) is 0 Å². The molecule has 1 aromatic heterocycles. The van der Waals surface area contributed by atoms with E-state index in [0.717, 1.165) is 11.3 Å². The normalized spacial score (nSPS) is 13.8. The van der Waals surface area contributed by atoms with Crippen molar-refractivity contribution in [3.63, 3.8) is 0 Å². The van der Waals surface area contributed by atoms with Crippen LogP contribution in [0.4, 0.5) is 0 Å². The molecule has 123 valence electrons.